The predicted octanol–water partition coefficient (Wildman–Crippen LogP) is 0.644. The van der Waals surface area contributed by atoms with Gasteiger partial charge in [-0.2, -0.15) is 5.26 Å². The highest BCUT2D eigenvalue weighted by Gasteiger charge is 2.37. The van der Waals surface area contributed by atoms with Crippen molar-refractivity contribution in [2.24, 2.45) is 5.92 Å². The smallest absolute Gasteiger partial charge is 0.167 e. The van der Waals surface area contributed by atoms with Crippen LogP contribution in [0.2, 0.25) is 0 Å². The van der Waals surface area contributed by atoms with E-state index in [1.165, 1.54) is 6.33 Å². The van der Waals surface area contributed by atoms with Crippen molar-refractivity contribution in [1.29, 1.82) is 5.26 Å². The Morgan fingerprint density at radius 2 is 2.40 bits per heavy atom. The average Bonchev–Trinajstić information content (AvgIpc) is 3.03. The molecule has 1 aliphatic heterocycles. The molecule has 0 spiro atoms. The SMILES string of the molecule is [CH2]OCC1CC(C#N)C(n2cnc3c(N)ncnc32)O1. The van der Waals surface area contributed by atoms with E-state index in [-0.39, 0.29) is 12.0 Å². The maximum atomic E-state index is 9.27. The highest BCUT2D eigenvalue weighted by Crippen LogP contribution is 2.35. The number of nitriles is 1. The lowest BCUT2D eigenvalue weighted by Crippen LogP contribution is -2.16. The number of anilines is 1. The van der Waals surface area contributed by atoms with Gasteiger partial charge in [-0.1, -0.05) is 0 Å². The third-order valence-electron chi connectivity index (χ3n) is 3.32. The Morgan fingerprint density at radius 3 is 3.15 bits per heavy atom. The Kier molecular flexibility index (Phi) is 3.22. The van der Waals surface area contributed by atoms with Crippen LogP contribution < -0.4 is 5.73 Å². The van der Waals surface area contributed by atoms with Crippen molar-refractivity contribution in [3.8, 4) is 6.07 Å². The number of fused-ring (bicyclic) bond motifs is 1. The molecular weight excluding hydrogens is 260 g/mol. The lowest BCUT2D eigenvalue weighted by molar-refractivity contribution is -0.0298. The lowest BCUT2D eigenvalue weighted by Gasteiger charge is -2.16. The van der Waals surface area contributed by atoms with E-state index in [9.17, 15) is 5.26 Å². The molecule has 103 valence electrons. The molecular formula is C12H13N6O2. The molecule has 2 N–H and O–H groups in total. The quantitative estimate of drug-likeness (QED) is 0.873. The molecule has 0 amide bonds. The van der Waals surface area contributed by atoms with Crippen molar-refractivity contribution in [2.75, 3.05) is 12.3 Å². The number of nitrogens with two attached hydrogens (primary N) is 1. The molecule has 8 heteroatoms. The third-order valence-corrected chi connectivity index (χ3v) is 3.32. The molecule has 2 aromatic heterocycles. The zero-order valence-corrected chi connectivity index (χ0v) is 10.6. The van der Waals surface area contributed by atoms with Crippen LogP contribution in [0.5, 0.6) is 0 Å². The van der Waals surface area contributed by atoms with Crippen LogP contribution in [0.25, 0.3) is 11.2 Å². The topological polar surface area (TPSA) is 112 Å². The van der Waals surface area contributed by atoms with Crippen LogP contribution in [-0.4, -0.2) is 32.2 Å². The minimum absolute atomic E-state index is 0.168. The summed E-state index contributed by atoms with van der Waals surface area (Å²) in [6.07, 6.45) is 2.89. The molecule has 8 nitrogen and oxygen atoms in total. The van der Waals surface area contributed by atoms with Crippen LogP contribution in [-0.2, 0) is 9.47 Å². The summed E-state index contributed by atoms with van der Waals surface area (Å²) in [6, 6.07) is 2.25. The summed E-state index contributed by atoms with van der Waals surface area (Å²) in [7, 11) is 3.33. The minimum atomic E-state index is -0.459. The first-order valence-electron chi connectivity index (χ1n) is 6.09. The number of imidazole rings is 1. The van der Waals surface area contributed by atoms with Crippen LogP contribution in [0.15, 0.2) is 12.7 Å². The first-order valence-corrected chi connectivity index (χ1v) is 6.09. The van der Waals surface area contributed by atoms with Gasteiger partial charge in [-0.3, -0.25) is 4.57 Å². The van der Waals surface area contributed by atoms with Gasteiger partial charge in [0, 0.05) is 0 Å². The molecule has 1 radical (unpaired) electrons. The van der Waals surface area contributed by atoms with Gasteiger partial charge < -0.3 is 15.2 Å². The third kappa shape index (κ3) is 1.97. The van der Waals surface area contributed by atoms with E-state index in [2.05, 4.69) is 28.1 Å². The molecule has 3 unspecified atom stereocenters. The van der Waals surface area contributed by atoms with Gasteiger partial charge in [0.2, 0.25) is 0 Å². The number of aromatic nitrogens is 4. The van der Waals surface area contributed by atoms with E-state index in [1.807, 2.05) is 0 Å². The fraction of sp³-hybridized carbons (Fsp3) is 0.417. The Labute approximate surface area is 115 Å². The summed E-state index contributed by atoms with van der Waals surface area (Å²) in [6.45, 7) is 0.346. The van der Waals surface area contributed by atoms with Crippen molar-refractivity contribution in [1.82, 2.24) is 19.5 Å². The molecule has 0 aliphatic carbocycles. The standard InChI is InChI=1S/C12H13N6O2/c1-19-4-8-2-7(3-13)12(20-8)18-6-17-9-10(14)15-5-16-11(9)18/h5-8,12H,1-2,4H2,(H2,14,15,16). The number of ether oxygens (including phenoxy) is 2. The Hall–Kier alpha value is -2.24. The van der Waals surface area contributed by atoms with Gasteiger partial charge in [-0.25, -0.2) is 15.0 Å². The number of rotatable bonds is 3. The predicted molar refractivity (Wildman–Crippen MR) is 68.7 cm³/mol. The van der Waals surface area contributed by atoms with Gasteiger partial charge in [0.15, 0.2) is 17.7 Å². The maximum Gasteiger partial charge on any atom is 0.167 e. The Morgan fingerprint density at radius 1 is 1.55 bits per heavy atom. The fourth-order valence-corrected chi connectivity index (χ4v) is 2.42. The summed E-state index contributed by atoms with van der Waals surface area (Å²) in [5.74, 6) is 0.00151. The largest absolute Gasteiger partial charge is 0.382 e. The second kappa shape index (κ2) is 5.03. The number of nitrogens with zero attached hydrogens (tertiary/aromatic N) is 5. The van der Waals surface area contributed by atoms with Crippen molar-refractivity contribution in [3.63, 3.8) is 0 Å². The van der Waals surface area contributed by atoms with E-state index < -0.39 is 6.23 Å². The van der Waals surface area contributed by atoms with Gasteiger partial charge in [0.25, 0.3) is 0 Å². The number of nitrogen functional groups attached to an aromatic ring is 1. The van der Waals surface area contributed by atoms with E-state index in [0.29, 0.717) is 30.0 Å². The summed E-state index contributed by atoms with van der Waals surface area (Å²) >= 11 is 0. The fourth-order valence-electron chi connectivity index (χ4n) is 2.42. The van der Waals surface area contributed by atoms with E-state index in [4.69, 9.17) is 15.2 Å². The normalized spacial score (nSPS) is 25.9. The monoisotopic (exact) mass is 273 g/mol. The molecule has 3 heterocycles. The van der Waals surface area contributed by atoms with Crippen molar-refractivity contribution in [3.05, 3.63) is 19.8 Å². The zero-order valence-electron chi connectivity index (χ0n) is 10.6. The summed E-state index contributed by atoms with van der Waals surface area (Å²) in [4.78, 5) is 12.2. The van der Waals surface area contributed by atoms with Crippen LogP contribution in [0.1, 0.15) is 12.6 Å². The molecule has 1 saturated heterocycles. The van der Waals surface area contributed by atoms with Crippen molar-refractivity contribution in [2.45, 2.75) is 18.8 Å². The number of hydrogen-bond acceptors (Lipinski definition) is 7. The molecule has 3 atom stereocenters. The maximum absolute atomic E-state index is 9.27. The molecule has 2 aromatic rings. The highest BCUT2D eigenvalue weighted by molar-refractivity contribution is 5.81. The van der Waals surface area contributed by atoms with E-state index in [1.54, 1.807) is 10.9 Å². The molecule has 1 aliphatic rings. The van der Waals surface area contributed by atoms with Crippen LogP contribution in [0.3, 0.4) is 0 Å². The van der Waals surface area contributed by atoms with Gasteiger partial charge in [-0.15, -0.1) is 0 Å². The average molecular weight is 273 g/mol. The Balaban J connectivity index is 1.98. The van der Waals surface area contributed by atoms with Crippen molar-refractivity contribution >= 4 is 17.0 Å². The van der Waals surface area contributed by atoms with Gasteiger partial charge in [0.05, 0.1) is 38.1 Å². The highest BCUT2D eigenvalue weighted by atomic mass is 16.5. The molecule has 3 rings (SSSR count). The van der Waals surface area contributed by atoms with Gasteiger partial charge in [0.1, 0.15) is 11.8 Å². The summed E-state index contributed by atoms with van der Waals surface area (Å²) < 4.78 is 12.4. The van der Waals surface area contributed by atoms with Gasteiger partial charge in [-0.05, 0) is 6.42 Å². The van der Waals surface area contributed by atoms with Crippen LogP contribution in [0, 0.1) is 24.4 Å². The molecule has 0 saturated carbocycles. The lowest BCUT2D eigenvalue weighted by atomic mass is 10.1. The second-order valence-electron chi connectivity index (χ2n) is 4.57. The molecule has 1 fully saturated rings. The molecule has 0 aromatic carbocycles. The first-order chi connectivity index (χ1) is 9.74. The van der Waals surface area contributed by atoms with E-state index >= 15 is 0 Å². The Bertz CT molecular complexity index is 664. The number of hydrogen-bond donors (Lipinski definition) is 1. The van der Waals surface area contributed by atoms with Crippen LogP contribution >= 0.6 is 0 Å². The van der Waals surface area contributed by atoms with Gasteiger partial charge >= 0.3 is 0 Å². The van der Waals surface area contributed by atoms with Crippen molar-refractivity contribution < 1.29 is 9.47 Å². The molecule has 0 bridgehead atoms. The first kappa shape index (κ1) is 12.8. The minimum Gasteiger partial charge on any atom is -0.382 e. The summed E-state index contributed by atoms with van der Waals surface area (Å²) in [5.41, 5.74) is 6.81. The van der Waals surface area contributed by atoms with E-state index in [0.717, 1.165) is 0 Å². The molecule has 20 heavy (non-hydrogen) atoms. The zero-order chi connectivity index (χ0) is 14.1. The van der Waals surface area contributed by atoms with Crippen LogP contribution in [0.4, 0.5) is 5.82 Å². The summed E-state index contributed by atoms with van der Waals surface area (Å²) in [5, 5.41) is 9.27. The second-order valence-corrected chi connectivity index (χ2v) is 4.57.